The van der Waals surface area contributed by atoms with Crippen molar-refractivity contribution in [3.8, 4) is 94.7 Å². The third-order valence-electron chi connectivity index (χ3n) is 22.9. The minimum atomic E-state index is 0.855. The van der Waals surface area contributed by atoms with Crippen LogP contribution in [0.2, 0.25) is 0 Å². The van der Waals surface area contributed by atoms with Gasteiger partial charge in [-0.05, 0) is 205 Å². The minimum absolute atomic E-state index is 0.855. The van der Waals surface area contributed by atoms with Gasteiger partial charge in [-0.2, -0.15) is 0 Å². The van der Waals surface area contributed by atoms with Gasteiger partial charge in [0.25, 0.3) is 0 Å². The van der Waals surface area contributed by atoms with Crippen LogP contribution in [-0.2, 0) is 0 Å². The zero-order valence-electron chi connectivity index (χ0n) is 61.9. The number of hydrogen-bond acceptors (Lipinski definition) is 5. The normalized spacial score (nSPS) is 11.7. The van der Waals surface area contributed by atoms with Crippen LogP contribution in [0.3, 0.4) is 0 Å². The molecule has 0 aliphatic heterocycles. The van der Waals surface area contributed by atoms with Crippen molar-refractivity contribution in [3.05, 3.63) is 419 Å². The summed E-state index contributed by atoms with van der Waals surface area (Å²) in [5.41, 5.74) is 31.4. The lowest BCUT2D eigenvalue weighted by Crippen LogP contribution is -2.10. The first-order chi connectivity index (χ1) is 56.5. The Labute approximate surface area is 663 Å². The second kappa shape index (κ2) is 27.6. The summed E-state index contributed by atoms with van der Waals surface area (Å²) in [6, 6.07) is 152. The van der Waals surface area contributed by atoms with Gasteiger partial charge >= 0.3 is 0 Å². The van der Waals surface area contributed by atoms with Crippen molar-refractivity contribution in [2.24, 2.45) is 0 Å². The molecule has 0 bridgehead atoms. The van der Waals surface area contributed by atoms with E-state index in [9.17, 15) is 0 Å². The molecule has 0 aliphatic rings. The molecule has 0 radical (unpaired) electrons. The second-order valence-electron chi connectivity index (χ2n) is 29.5. The van der Waals surface area contributed by atoms with Crippen molar-refractivity contribution in [2.45, 2.75) is 0 Å². The fraction of sp³-hybridized carbons (Fsp3) is 0. The second-order valence-corrected chi connectivity index (χ2v) is 30.5. The number of rotatable bonds is 15. The van der Waals surface area contributed by atoms with E-state index in [0.29, 0.717) is 0 Å². The topological polar surface area (TPSA) is 37.7 Å². The van der Waals surface area contributed by atoms with Gasteiger partial charge in [-0.1, -0.05) is 291 Å². The molecule has 0 amide bonds. The summed E-state index contributed by atoms with van der Waals surface area (Å²) in [6.45, 7) is 0. The molecule has 0 saturated carbocycles. The lowest BCUT2D eigenvalue weighted by molar-refractivity contribution is 0.669. The summed E-state index contributed by atoms with van der Waals surface area (Å²) in [5.74, 6) is 0. The molecule has 22 rings (SSSR count). The van der Waals surface area contributed by atoms with Crippen LogP contribution < -0.4 is 9.80 Å². The van der Waals surface area contributed by atoms with Crippen LogP contribution in [-0.4, -0.2) is 4.57 Å². The van der Waals surface area contributed by atoms with E-state index in [2.05, 4.69) is 421 Å². The molecule has 6 heteroatoms. The van der Waals surface area contributed by atoms with Gasteiger partial charge in [0.1, 0.15) is 22.3 Å². The smallest absolute Gasteiger partial charge is 0.143 e. The lowest BCUT2D eigenvalue weighted by Gasteiger charge is -2.26. The van der Waals surface area contributed by atoms with E-state index in [1.165, 1.54) is 75.5 Å². The molecule has 0 N–H and O–H groups in total. The predicted molar refractivity (Wildman–Crippen MR) is 481 cm³/mol. The molecular formula is C108H69N3O2S. The highest BCUT2D eigenvalue weighted by atomic mass is 32.1. The number of furan rings is 2. The Bertz CT molecular complexity index is 7410. The molecule has 4 aromatic heterocycles. The summed E-state index contributed by atoms with van der Waals surface area (Å²) in [4.78, 5) is 4.72. The van der Waals surface area contributed by atoms with Crippen LogP contribution in [0, 0.1) is 0 Å². The number of aromatic nitrogens is 1. The molecule has 4 heterocycles. The van der Waals surface area contributed by atoms with E-state index in [0.717, 1.165) is 139 Å². The summed E-state index contributed by atoms with van der Waals surface area (Å²) in [7, 11) is 0. The van der Waals surface area contributed by atoms with Crippen molar-refractivity contribution in [1.82, 2.24) is 4.57 Å². The minimum Gasteiger partial charge on any atom is -0.455 e. The largest absolute Gasteiger partial charge is 0.455 e. The fourth-order valence-corrected chi connectivity index (χ4v) is 18.4. The molecule has 0 spiro atoms. The maximum atomic E-state index is 6.86. The van der Waals surface area contributed by atoms with Crippen molar-refractivity contribution >= 4 is 131 Å². The van der Waals surface area contributed by atoms with Crippen LogP contribution in [0.1, 0.15) is 0 Å². The van der Waals surface area contributed by atoms with E-state index >= 15 is 0 Å². The molecule has 534 valence electrons. The average Bonchev–Trinajstić information content (AvgIpc) is 1.59. The van der Waals surface area contributed by atoms with Crippen LogP contribution in [0.4, 0.5) is 34.1 Å². The number of thiophene rings is 1. The van der Waals surface area contributed by atoms with Gasteiger partial charge in [-0.3, -0.25) is 0 Å². The van der Waals surface area contributed by atoms with Gasteiger partial charge in [0.15, 0.2) is 0 Å². The Morgan fingerprint density at radius 1 is 0.202 bits per heavy atom. The third-order valence-corrected chi connectivity index (χ3v) is 24.1. The molecule has 0 fully saturated rings. The van der Waals surface area contributed by atoms with E-state index in [4.69, 9.17) is 8.83 Å². The molecule has 18 aromatic carbocycles. The number of anilines is 6. The van der Waals surface area contributed by atoms with Gasteiger partial charge in [-0.25, -0.2) is 0 Å². The Balaban J connectivity index is 0.580. The lowest BCUT2D eigenvalue weighted by atomic mass is 9.94. The number of para-hydroxylation sites is 4. The molecule has 114 heavy (non-hydrogen) atoms. The predicted octanol–water partition coefficient (Wildman–Crippen LogP) is 31.2. The Morgan fingerprint density at radius 2 is 0.579 bits per heavy atom. The molecule has 22 aromatic rings. The summed E-state index contributed by atoms with van der Waals surface area (Å²) in [6.07, 6.45) is 0. The van der Waals surface area contributed by atoms with Gasteiger partial charge in [0, 0.05) is 93.0 Å². The maximum Gasteiger partial charge on any atom is 0.143 e. The Kier molecular flexibility index (Phi) is 16.0. The highest BCUT2D eigenvalue weighted by Crippen LogP contribution is 2.48. The zero-order chi connectivity index (χ0) is 75.2. The average molecular weight is 1470 g/mol. The maximum absolute atomic E-state index is 6.86. The first-order valence-corrected chi connectivity index (χ1v) is 39.6. The number of benzene rings is 18. The highest BCUT2D eigenvalue weighted by molar-refractivity contribution is 7.26. The Morgan fingerprint density at radius 3 is 1.15 bits per heavy atom. The first kappa shape index (κ1) is 66.2. The number of hydrogen-bond donors (Lipinski definition) is 0. The van der Waals surface area contributed by atoms with E-state index in [1.807, 2.05) is 23.5 Å². The van der Waals surface area contributed by atoms with Crippen molar-refractivity contribution in [2.75, 3.05) is 9.80 Å². The first-order valence-electron chi connectivity index (χ1n) is 38.8. The van der Waals surface area contributed by atoms with E-state index in [-0.39, 0.29) is 0 Å². The van der Waals surface area contributed by atoms with Crippen molar-refractivity contribution < 1.29 is 8.83 Å². The molecule has 5 nitrogen and oxygen atoms in total. The monoisotopic (exact) mass is 1470 g/mol. The summed E-state index contributed by atoms with van der Waals surface area (Å²) >= 11 is 1.87. The quantitative estimate of drug-likeness (QED) is 0.103. The summed E-state index contributed by atoms with van der Waals surface area (Å²) in [5, 5.41) is 9.43. The van der Waals surface area contributed by atoms with Crippen molar-refractivity contribution in [3.63, 3.8) is 0 Å². The van der Waals surface area contributed by atoms with Gasteiger partial charge in [-0.15, -0.1) is 11.3 Å². The third kappa shape index (κ3) is 11.6. The van der Waals surface area contributed by atoms with Crippen LogP contribution in [0.15, 0.2) is 427 Å². The van der Waals surface area contributed by atoms with E-state index in [1.54, 1.807) is 0 Å². The molecule has 0 unspecified atom stereocenters. The fourth-order valence-electron chi connectivity index (χ4n) is 17.2. The van der Waals surface area contributed by atoms with E-state index < -0.39 is 0 Å². The van der Waals surface area contributed by atoms with Crippen molar-refractivity contribution in [1.29, 1.82) is 0 Å². The van der Waals surface area contributed by atoms with Crippen LogP contribution >= 0.6 is 11.3 Å². The standard InChI is InChI=1S/C108H69N3O2S/c1-3-18-70(19-4-1)72-36-38-73(39-37-72)77-48-59-87(60-49-77)110(89-23-15-22-82(66-89)90-28-16-29-95-92-25-8-12-33-103(92)112-106(90)95)88-63-52-80(53-64-88)97-68-83(69-99-93-26-9-13-34-104(93)113-107(97)99)79-42-40-74(41-43-79)76-46-57-85(58-47-76)109(84-55-44-75(45-56-84)71-20-5-2-6-21-71)86-61-50-78(51-62-86)81-54-65-101-98(67-81)91-24-7-11-31-100(91)111(101)102-32-17-30-96-94-27-10-14-35-105(94)114-108(96)102/h1-69H. The highest BCUT2D eigenvalue weighted by Gasteiger charge is 2.23. The van der Waals surface area contributed by atoms with Crippen LogP contribution in [0.5, 0.6) is 0 Å². The molecular weight excluding hydrogens is 1400 g/mol. The molecule has 0 atom stereocenters. The van der Waals surface area contributed by atoms with Gasteiger partial charge in [0.05, 0.1) is 21.4 Å². The zero-order valence-corrected chi connectivity index (χ0v) is 62.7. The summed E-state index contributed by atoms with van der Waals surface area (Å²) < 4.78 is 18.6. The van der Waals surface area contributed by atoms with Crippen LogP contribution in [0.25, 0.3) is 181 Å². The SMILES string of the molecule is c1ccc(-c2ccc(-c3ccc(N(c4ccc(-c5cc(-c6ccc(-c7ccc(N(c8ccc(-c9ccccc9)cc8)c8ccc(-c9ccc%10c(c9)c9ccccc9n%10-c9cccc%10c9sc9ccccc9%10)cc8)cc7)cc6)cc6c5oc5ccccc56)cc4)c4cccc(-c5cccc6c5oc5ccccc56)c4)cc3)cc2)cc1. The number of nitrogens with zero attached hydrogens (tertiary/aromatic N) is 3. The molecule has 0 aliphatic carbocycles. The van der Waals surface area contributed by atoms with Gasteiger partial charge < -0.3 is 23.2 Å². The Hall–Kier alpha value is -14.8. The van der Waals surface area contributed by atoms with Gasteiger partial charge in [0.2, 0.25) is 0 Å². The number of fused-ring (bicyclic) bond motifs is 12. The molecule has 0 saturated heterocycles.